The molecular weight excluding hydrogens is 472 g/mol. The van der Waals surface area contributed by atoms with Crippen molar-refractivity contribution < 1.29 is 32.2 Å². The fourth-order valence-electron chi connectivity index (χ4n) is 3.58. The van der Waals surface area contributed by atoms with E-state index in [1.165, 1.54) is 26.4 Å². The third kappa shape index (κ3) is 5.27. The number of fused-ring (bicyclic) bond motifs is 1. The second-order valence-electron chi connectivity index (χ2n) is 7.77. The number of hydrogen-bond donors (Lipinski definition) is 1. The van der Waals surface area contributed by atoms with E-state index in [-0.39, 0.29) is 4.90 Å². The number of carbonyl (C=O) groups excluding carboxylic acids is 1. The lowest BCUT2D eigenvalue weighted by molar-refractivity contribution is -0.114. The van der Waals surface area contributed by atoms with E-state index in [1.807, 2.05) is 6.92 Å². The van der Waals surface area contributed by atoms with Gasteiger partial charge in [-0.25, -0.2) is 8.42 Å². The van der Waals surface area contributed by atoms with Crippen molar-refractivity contribution >= 4 is 27.3 Å². The summed E-state index contributed by atoms with van der Waals surface area (Å²) in [4.78, 5) is 13.0. The Kier molecular flexibility index (Phi) is 7.02. The highest BCUT2D eigenvalue weighted by atomic mass is 32.2. The van der Waals surface area contributed by atoms with E-state index in [4.69, 9.17) is 18.9 Å². The predicted octanol–water partition coefficient (Wildman–Crippen LogP) is 3.62. The second kappa shape index (κ2) is 10.1. The first kappa shape index (κ1) is 24.2. The van der Waals surface area contributed by atoms with E-state index < -0.39 is 22.5 Å². The normalized spacial score (nSPS) is 12.5. The minimum Gasteiger partial charge on any atom is -0.493 e. The number of benzene rings is 3. The fourth-order valence-corrected chi connectivity index (χ4v) is 5.02. The molecule has 4 rings (SSSR count). The SMILES string of the molecule is COc1ccc(NC(=O)CN(c2ccc(C)cc2)S(=O)(=O)c2ccc3c(c2)OCCO3)cc1OC. The van der Waals surface area contributed by atoms with Crippen molar-refractivity contribution in [3.63, 3.8) is 0 Å². The Balaban J connectivity index is 1.64. The molecule has 1 heterocycles. The van der Waals surface area contributed by atoms with Crippen LogP contribution in [0.3, 0.4) is 0 Å². The lowest BCUT2D eigenvalue weighted by Gasteiger charge is -2.25. The first-order valence-corrected chi connectivity index (χ1v) is 12.3. The molecule has 1 aliphatic heterocycles. The molecule has 35 heavy (non-hydrogen) atoms. The monoisotopic (exact) mass is 498 g/mol. The van der Waals surface area contributed by atoms with Gasteiger partial charge in [0.05, 0.1) is 24.8 Å². The van der Waals surface area contributed by atoms with E-state index in [2.05, 4.69) is 5.32 Å². The topological polar surface area (TPSA) is 103 Å². The van der Waals surface area contributed by atoms with Gasteiger partial charge in [0.25, 0.3) is 10.0 Å². The highest BCUT2D eigenvalue weighted by Gasteiger charge is 2.29. The van der Waals surface area contributed by atoms with Gasteiger partial charge < -0.3 is 24.3 Å². The average molecular weight is 499 g/mol. The van der Waals surface area contributed by atoms with Gasteiger partial charge in [0.2, 0.25) is 5.91 Å². The maximum absolute atomic E-state index is 13.7. The average Bonchev–Trinajstić information content (AvgIpc) is 2.87. The number of sulfonamides is 1. The van der Waals surface area contributed by atoms with Crippen LogP contribution in [0.25, 0.3) is 0 Å². The molecule has 1 amide bonds. The number of anilines is 2. The number of aryl methyl sites for hydroxylation is 1. The van der Waals surface area contributed by atoms with Gasteiger partial charge in [0.1, 0.15) is 19.8 Å². The molecule has 10 heteroatoms. The Morgan fingerprint density at radius 1 is 0.914 bits per heavy atom. The number of ether oxygens (including phenoxy) is 4. The van der Waals surface area contributed by atoms with Gasteiger partial charge in [-0.05, 0) is 43.3 Å². The highest BCUT2D eigenvalue weighted by molar-refractivity contribution is 7.92. The molecule has 0 aromatic heterocycles. The molecule has 3 aromatic rings. The van der Waals surface area contributed by atoms with Crippen LogP contribution in [0, 0.1) is 6.92 Å². The van der Waals surface area contributed by atoms with Crippen molar-refractivity contribution in [2.24, 2.45) is 0 Å². The van der Waals surface area contributed by atoms with E-state index in [1.54, 1.807) is 48.5 Å². The van der Waals surface area contributed by atoms with E-state index in [0.717, 1.165) is 9.87 Å². The van der Waals surface area contributed by atoms with E-state index in [9.17, 15) is 13.2 Å². The van der Waals surface area contributed by atoms with Crippen LogP contribution in [0.4, 0.5) is 11.4 Å². The molecule has 0 bridgehead atoms. The molecule has 3 aromatic carbocycles. The Labute approximate surface area is 204 Å². The number of amides is 1. The molecule has 0 saturated heterocycles. The van der Waals surface area contributed by atoms with Gasteiger partial charge >= 0.3 is 0 Å². The second-order valence-corrected chi connectivity index (χ2v) is 9.63. The van der Waals surface area contributed by atoms with Crippen LogP contribution in [0.5, 0.6) is 23.0 Å². The van der Waals surface area contributed by atoms with Gasteiger partial charge in [0.15, 0.2) is 23.0 Å². The Morgan fingerprint density at radius 2 is 1.60 bits per heavy atom. The van der Waals surface area contributed by atoms with Gasteiger partial charge in [-0.15, -0.1) is 0 Å². The minimum absolute atomic E-state index is 0.0127. The smallest absolute Gasteiger partial charge is 0.264 e. The molecule has 0 unspecified atom stereocenters. The number of hydrogen-bond acceptors (Lipinski definition) is 7. The Bertz CT molecular complexity index is 1320. The zero-order chi connectivity index (χ0) is 25.0. The van der Waals surface area contributed by atoms with Crippen molar-refractivity contribution in [3.05, 3.63) is 66.2 Å². The van der Waals surface area contributed by atoms with Crippen molar-refractivity contribution in [2.75, 3.05) is 43.6 Å². The van der Waals surface area contributed by atoms with Crippen LogP contribution in [0.1, 0.15) is 5.56 Å². The summed E-state index contributed by atoms with van der Waals surface area (Å²) >= 11 is 0. The lowest BCUT2D eigenvalue weighted by atomic mass is 10.2. The zero-order valence-corrected chi connectivity index (χ0v) is 20.4. The third-order valence-corrected chi connectivity index (χ3v) is 7.15. The van der Waals surface area contributed by atoms with Crippen molar-refractivity contribution in [1.82, 2.24) is 0 Å². The van der Waals surface area contributed by atoms with Crippen LogP contribution in [0.15, 0.2) is 65.6 Å². The van der Waals surface area contributed by atoms with Crippen molar-refractivity contribution in [1.29, 1.82) is 0 Å². The number of rotatable bonds is 8. The number of nitrogens with one attached hydrogen (secondary N) is 1. The summed E-state index contributed by atoms with van der Waals surface area (Å²) in [5.41, 5.74) is 1.75. The summed E-state index contributed by atoms with van der Waals surface area (Å²) in [5, 5.41) is 2.73. The van der Waals surface area contributed by atoms with Gasteiger partial charge in [-0.3, -0.25) is 9.10 Å². The van der Waals surface area contributed by atoms with E-state index >= 15 is 0 Å². The largest absolute Gasteiger partial charge is 0.493 e. The molecule has 1 aliphatic rings. The minimum atomic E-state index is -4.12. The molecule has 9 nitrogen and oxygen atoms in total. The van der Waals surface area contributed by atoms with E-state index in [0.29, 0.717) is 47.6 Å². The molecule has 184 valence electrons. The summed E-state index contributed by atoms with van der Waals surface area (Å²) in [6, 6.07) is 16.2. The predicted molar refractivity (Wildman–Crippen MR) is 131 cm³/mol. The van der Waals surface area contributed by atoms with Crippen LogP contribution >= 0.6 is 0 Å². The first-order chi connectivity index (χ1) is 16.8. The summed E-state index contributed by atoms with van der Waals surface area (Å²) in [5.74, 6) is 1.23. The Morgan fingerprint density at radius 3 is 2.29 bits per heavy atom. The standard InChI is InChI=1S/C25H26N2O7S/c1-17-4-7-19(8-5-17)27(16-25(28)26-18-6-10-21(31-2)23(14-18)32-3)35(29,30)20-9-11-22-24(15-20)34-13-12-33-22/h4-11,14-15H,12-13,16H2,1-3H3,(H,26,28). The van der Waals surface area contributed by atoms with Gasteiger partial charge in [-0.2, -0.15) is 0 Å². The maximum atomic E-state index is 13.7. The van der Waals surface area contributed by atoms with Crippen LogP contribution in [0.2, 0.25) is 0 Å². The summed E-state index contributed by atoms with van der Waals surface area (Å²) in [6.45, 7) is 2.16. The van der Waals surface area contributed by atoms with Crippen molar-refractivity contribution in [2.45, 2.75) is 11.8 Å². The summed E-state index contributed by atoms with van der Waals surface area (Å²) < 4.78 is 50.0. The first-order valence-electron chi connectivity index (χ1n) is 10.8. The molecule has 0 fully saturated rings. The lowest BCUT2D eigenvalue weighted by Crippen LogP contribution is -2.38. The molecule has 0 radical (unpaired) electrons. The van der Waals surface area contributed by atoms with Gasteiger partial charge in [-0.1, -0.05) is 17.7 Å². The van der Waals surface area contributed by atoms with Crippen LogP contribution < -0.4 is 28.6 Å². The molecule has 0 aliphatic carbocycles. The summed E-state index contributed by atoms with van der Waals surface area (Å²) in [7, 11) is -1.12. The molecule has 0 spiro atoms. The molecule has 1 N–H and O–H groups in total. The quantitative estimate of drug-likeness (QED) is 0.506. The van der Waals surface area contributed by atoms with Crippen LogP contribution in [-0.4, -0.2) is 48.3 Å². The van der Waals surface area contributed by atoms with Crippen LogP contribution in [-0.2, 0) is 14.8 Å². The molecule has 0 saturated carbocycles. The molecular formula is C25H26N2O7S. The Hall–Kier alpha value is -3.92. The fraction of sp³-hybridized carbons (Fsp3) is 0.240. The molecule has 0 atom stereocenters. The van der Waals surface area contributed by atoms with Gasteiger partial charge in [0, 0.05) is 17.8 Å². The third-order valence-electron chi connectivity index (χ3n) is 5.38. The maximum Gasteiger partial charge on any atom is 0.264 e. The number of nitrogens with zero attached hydrogens (tertiary/aromatic N) is 1. The highest BCUT2D eigenvalue weighted by Crippen LogP contribution is 2.34. The number of carbonyl (C=O) groups is 1. The van der Waals surface area contributed by atoms with Crippen molar-refractivity contribution in [3.8, 4) is 23.0 Å². The number of methoxy groups -OCH3 is 2. The summed E-state index contributed by atoms with van der Waals surface area (Å²) in [6.07, 6.45) is 0. The zero-order valence-electron chi connectivity index (χ0n) is 19.6.